The number of carbonyl (C=O) groups is 4. The highest BCUT2D eigenvalue weighted by Gasteiger charge is 2.26. The number of rotatable bonds is 18. The van der Waals surface area contributed by atoms with E-state index < -0.39 is 17.8 Å². The van der Waals surface area contributed by atoms with Gasteiger partial charge in [0.2, 0.25) is 5.91 Å². The molecule has 0 bridgehead atoms. The van der Waals surface area contributed by atoms with Gasteiger partial charge in [-0.3, -0.25) is 9.59 Å². The van der Waals surface area contributed by atoms with Crippen LogP contribution in [0.25, 0.3) is 43.1 Å². The quantitative estimate of drug-likeness (QED) is 0.0491. The van der Waals surface area contributed by atoms with Gasteiger partial charge in [-0.15, -0.1) is 0 Å². The summed E-state index contributed by atoms with van der Waals surface area (Å²) < 4.78 is 0. The second kappa shape index (κ2) is 15.5. The molecule has 0 aromatic heterocycles. The lowest BCUT2D eigenvalue weighted by molar-refractivity contribution is 0.0695. The zero-order chi connectivity index (χ0) is 34.4. The van der Waals surface area contributed by atoms with Crippen molar-refractivity contribution in [1.82, 2.24) is 4.90 Å². The van der Waals surface area contributed by atoms with Crippen LogP contribution in [0.2, 0.25) is 0 Å². The Hall–Kier alpha value is -4.72. The average Bonchev–Trinajstić information content (AvgIpc) is 3.07. The molecule has 2 amide bonds. The molecule has 8 heteroatoms. The summed E-state index contributed by atoms with van der Waals surface area (Å²) in [6, 6.07) is 13.2. The fourth-order valence-electron chi connectivity index (χ4n) is 7.28. The highest BCUT2D eigenvalue weighted by Crippen LogP contribution is 2.44. The second-order valence-corrected chi connectivity index (χ2v) is 12.9. The Kier molecular flexibility index (Phi) is 11.1. The zero-order valence-corrected chi connectivity index (χ0v) is 28.1. The van der Waals surface area contributed by atoms with Gasteiger partial charge in [-0.1, -0.05) is 102 Å². The Morgan fingerprint density at radius 2 is 0.854 bits per heavy atom. The van der Waals surface area contributed by atoms with Gasteiger partial charge in [0.1, 0.15) is 0 Å². The molecule has 0 saturated heterocycles. The van der Waals surface area contributed by atoms with Crippen molar-refractivity contribution in [3.63, 3.8) is 0 Å². The molecule has 4 N–H and O–H groups in total. The van der Waals surface area contributed by atoms with Gasteiger partial charge in [0.25, 0.3) is 5.91 Å². The predicted molar refractivity (Wildman–Crippen MR) is 193 cm³/mol. The number of carbonyl (C=O) groups excluding carboxylic acids is 2. The predicted octanol–water partition coefficient (Wildman–Crippen LogP) is 9.40. The number of nitrogens with two attached hydrogens (primary N) is 1. The van der Waals surface area contributed by atoms with Crippen molar-refractivity contribution in [3.05, 3.63) is 70.8 Å². The van der Waals surface area contributed by atoms with Crippen LogP contribution < -0.4 is 5.73 Å². The number of fused-ring (bicyclic) bond motifs is 2. The topological polar surface area (TPSA) is 138 Å². The smallest absolute Gasteiger partial charge is 0.336 e. The minimum Gasteiger partial charge on any atom is -0.478 e. The maximum Gasteiger partial charge on any atom is 0.336 e. The van der Waals surface area contributed by atoms with Crippen molar-refractivity contribution in [2.45, 2.75) is 90.9 Å². The molecule has 0 radical (unpaired) electrons. The molecular formula is C40H46N2O6. The van der Waals surface area contributed by atoms with E-state index >= 15 is 0 Å². The van der Waals surface area contributed by atoms with Crippen LogP contribution in [0, 0.1) is 0 Å². The Bertz CT molecular complexity index is 1900. The summed E-state index contributed by atoms with van der Waals surface area (Å²) in [6.07, 6.45) is 13.3. The van der Waals surface area contributed by atoms with Gasteiger partial charge in [-0.2, -0.15) is 0 Å². The zero-order valence-electron chi connectivity index (χ0n) is 28.1. The van der Waals surface area contributed by atoms with Gasteiger partial charge < -0.3 is 20.8 Å². The summed E-state index contributed by atoms with van der Waals surface area (Å²) in [7, 11) is 0. The van der Waals surface area contributed by atoms with Crippen LogP contribution >= 0.6 is 0 Å². The largest absolute Gasteiger partial charge is 0.478 e. The molecular weight excluding hydrogens is 604 g/mol. The van der Waals surface area contributed by atoms with E-state index in [0.29, 0.717) is 56.4 Å². The molecule has 0 aliphatic carbocycles. The fourth-order valence-corrected chi connectivity index (χ4v) is 7.28. The summed E-state index contributed by atoms with van der Waals surface area (Å²) in [5.41, 5.74) is 6.38. The minimum atomic E-state index is -1.22. The van der Waals surface area contributed by atoms with E-state index in [1.165, 1.54) is 50.7 Å². The van der Waals surface area contributed by atoms with Crippen LogP contribution in [0.4, 0.5) is 0 Å². The lowest BCUT2D eigenvalue weighted by Crippen LogP contribution is -2.33. The van der Waals surface area contributed by atoms with Crippen molar-refractivity contribution >= 4 is 66.8 Å². The molecule has 5 aromatic carbocycles. The molecule has 0 spiro atoms. The number of benzene rings is 5. The van der Waals surface area contributed by atoms with Crippen LogP contribution in [0.1, 0.15) is 132 Å². The van der Waals surface area contributed by atoms with Gasteiger partial charge in [0.15, 0.2) is 0 Å². The molecule has 0 heterocycles. The summed E-state index contributed by atoms with van der Waals surface area (Å²) >= 11 is 0. The first-order valence-electron chi connectivity index (χ1n) is 17.5. The van der Waals surface area contributed by atoms with E-state index in [4.69, 9.17) is 5.73 Å². The summed E-state index contributed by atoms with van der Waals surface area (Å²) in [5.74, 6) is -3.23. The molecule has 0 unspecified atom stereocenters. The second-order valence-electron chi connectivity index (χ2n) is 12.9. The van der Waals surface area contributed by atoms with Crippen molar-refractivity contribution in [3.8, 4) is 0 Å². The van der Waals surface area contributed by atoms with Crippen LogP contribution in [0.15, 0.2) is 48.5 Å². The maximum absolute atomic E-state index is 14.5. The Labute approximate surface area is 281 Å². The molecule has 0 fully saturated rings. The fraction of sp³-hybridized carbons (Fsp3) is 0.400. The van der Waals surface area contributed by atoms with E-state index in [0.717, 1.165) is 38.5 Å². The van der Waals surface area contributed by atoms with Crippen molar-refractivity contribution in [1.29, 1.82) is 0 Å². The van der Waals surface area contributed by atoms with Gasteiger partial charge >= 0.3 is 11.9 Å². The third-order valence-electron chi connectivity index (χ3n) is 9.71. The molecule has 0 saturated carbocycles. The molecule has 48 heavy (non-hydrogen) atoms. The van der Waals surface area contributed by atoms with Crippen LogP contribution in [0.5, 0.6) is 0 Å². The normalized spacial score (nSPS) is 11.6. The first kappa shape index (κ1) is 34.6. The highest BCUT2D eigenvalue weighted by atomic mass is 16.4. The van der Waals surface area contributed by atoms with E-state index in [-0.39, 0.29) is 28.0 Å². The summed E-state index contributed by atoms with van der Waals surface area (Å²) in [6.45, 7) is 5.65. The van der Waals surface area contributed by atoms with Crippen LogP contribution in [-0.2, 0) is 0 Å². The van der Waals surface area contributed by atoms with Crippen molar-refractivity contribution < 1.29 is 29.4 Å². The Morgan fingerprint density at radius 1 is 0.500 bits per heavy atom. The number of carboxylic acid groups (broad SMARTS) is 2. The SMILES string of the molecule is CCCCCCCCN(CCCCCCCC)C(=O)c1ccc2c3ccc(C(=O)O)c4c(C(=O)O)ccc(c5ccc(C(N)=O)c1c52)c43. The molecule has 0 aliphatic heterocycles. The number of hydrogen-bond donors (Lipinski definition) is 3. The van der Waals surface area contributed by atoms with E-state index in [1.807, 2.05) is 11.0 Å². The van der Waals surface area contributed by atoms with Crippen molar-refractivity contribution in [2.75, 3.05) is 13.1 Å². The molecule has 8 nitrogen and oxygen atoms in total. The number of aromatic carboxylic acids is 2. The summed E-state index contributed by atoms with van der Waals surface area (Å²) in [5, 5.41) is 24.5. The number of carboxylic acids is 2. The highest BCUT2D eigenvalue weighted by molar-refractivity contribution is 6.38. The Morgan fingerprint density at radius 3 is 1.25 bits per heavy atom. The van der Waals surface area contributed by atoms with E-state index in [2.05, 4.69) is 13.8 Å². The van der Waals surface area contributed by atoms with Gasteiger partial charge in [0, 0.05) is 35.0 Å². The van der Waals surface area contributed by atoms with Gasteiger partial charge in [-0.25, -0.2) is 9.59 Å². The molecule has 252 valence electrons. The van der Waals surface area contributed by atoms with E-state index in [9.17, 15) is 29.4 Å². The maximum atomic E-state index is 14.5. The van der Waals surface area contributed by atoms with Gasteiger partial charge in [0.05, 0.1) is 11.1 Å². The van der Waals surface area contributed by atoms with Crippen LogP contribution in [-0.4, -0.2) is 52.0 Å². The average molecular weight is 651 g/mol. The number of unbranched alkanes of at least 4 members (excludes halogenated alkanes) is 10. The minimum absolute atomic E-state index is 0.103. The Balaban J connectivity index is 1.66. The third-order valence-corrected chi connectivity index (χ3v) is 9.71. The number of primary amides is 1. The van der Waals surface area contributed by atoms with E-state index in [1.54, 1.807) is 30.3 Å². The molecule has 5 aromatic rings. The first-order valence-corrected chi connectivity index (χ1v) is 17.5. The lowest BCUT2D eigenvalue weighted by Gasteiger charge is -2.25. The molecule has 0 atom stereocenters. The number of nitrogens with zero attached hydrogens (tertiary/aromatic N) is 1. The van der Waals surface area contributed by atoms with Crippen molar-refractivity contribution in [2.24, 2.45) is 5.73 Å². The standard InChI is InChI=1S/C40H46N2O6/c1-3-5-7-9-11-13-23-42(24-14-12-10-8-6-4-2)38(44)30-20-16-26-28-18-22-32(40(47)48)36-31(39(45)46)21-17-27(34(28)36)25-15-19-29(37(41)43)35(30)33(25)26/h15-22H,3-14,23-24H2,1-2H3,(H2,41,43)(H,45,46)(H,47,48). The summed E-state index contributed by atoms with van der Waals surface area (Å²) in [4.78, 5) is 53.9. The monoisotopic (exact) mass is 650 g/mol. The molecule has 0 aliphatic rings. The van der Waals surface area contributed by atoms with Crippen LogP contribution in [0.3, 0.4) is 0 Å². The number of amides is 2. The third kappa shape index (κ3) is 6.80. The first-order chi connectivity index (χ1) is 23.2. The lowest BCUT2D eigenvalue weighted by atomic mass is 9.84. The number of hydrogen-bond acceptors (Lipinski definition) is 4. The molecule has 5 rings (SSSR count). The van der Waals surface area contributed by atoms with Gasteiger partial charge in [-0.05, 0) is 69.4 Å².